The molecule has 0 saturated heterocycles. The average molecular weight is 232 g/mol. The van der Waals surface area contributed by atoms with Crippen LogP contribution in [0.1, 0.15) is 40.2 Å². The second-order valence-electron chi connectivity index (χ2n) is 6.18. The minimum Gasteiger partial charge on any atom is -0.370 e. The summed E-state index contributed by atoms with van der Waals surface area (Å²) in [6.07, 6.45) is 0. The molecule has 92 valence electrons. The van der Waals surface area contributed by atoms with E-state index in [1.165, 1.54) is 5.56 Å². The summed E-state index contributed by atoms with van der Waals surface area (Å²) in [5, 5.41) is 6.31. The molecule has 0 bridgehead atoms. The van der Waals surface area contributed by atoms with E-state index in [0.717, 1.165) is 11.4 Å². The zero-order chi connectivity index (χ0) is 12.8. The van der Waals surface area contributed by atoms with Crippen molar-refractivity contribution in [1.29, 1.82) is 0 Å². The van der Waals surface area contributed by atoms with Crippen LogP contribution < -0.4 is 10.6 Å². The van der Waals surface area contributed by atoms with Crippen LogP contribution in [0.25, 0.3) is 0 Å². The van der Waals surface area contributed by atoms with E-state index in [9.17, 15) is 4.79 Å². The van der Waals surface area contributed by atoms with Crippen LogP contribution in [0.4, 0.5) is 11.4 Å². The molecule has 1 aliphatic rings. The van der Waals surface area contributed by atoms with Crippen LogP contribution in [-0.4, -0.2) is 11.4 Å². The molecular weight excluding hydrogens is 212 g/mol. The molecule has 0 aromatic heterocycles. The number of hydrogen-bond acceptors (Lipinski definition) is 2. The molecule has 2 N–H and O–H groups in total. The third-order valence-electron chi connectivity index (χ3n) is 3.13. The lowest BCUT2D eigenvalue weighted by Crippen LogP contribution is -2.48. The van der Waals surface area contributed by atoms with Crippen molar-refractivity contribution in [2.45, 2.75) is 45.6 Å². The van der Waals surface area contributed by atoms with Crippen LogP contribution in [0, 0.1) is 0 Å². The first-order valence-corrected chi connectivity index (χ1v) is 5.95. The van der Waals surface area contributed by atoms with Gasteiger partial charge in [0.2, 0.25) is 5.91 Å². The van der Waals surface area contributed by atoms with Crippen molar-refractivity contribution in [3.63, 3.8) is 0 Å². The van der Waals surface area contributed by atoms with Crippen molar-refractivity contribution in [2.75, 3.05) is 10.6 Å². The maximum atomic E-state index is 11.9. The Bertz CT molecular complexity index is 470. The number of nitrogens with one attached hydrogen (secondary N) is 2. The van der Waals surface area contributed by atoms with Crippen molar-refractivity contribution in [2.24, 2.45) is 0 Å². The Morgan fingerprint density at radius 2 is 1.82 bits per heavy atom. The first-order chi connectivity index (χ1) is 7.72. The van der Waals surface area contributed by atoms with Crippen molar-refractivity contribution in [3.05, 3.63) is 23.8 Å². The van der Waals surface area contributed by atoms with Gasteiger partial charge in [-0.05, 0) is 30.9 Å². The standard InChI is InChI=1S/C14H20N2O/c1-13(2,3)9-7-6-8-10-11(9)16-14(4,5)12(17)15-10/h6-8,16H,1-5H3,(H,15,17). The minimum atomic E-state index is -0.561. The number of para-hydroxylation sites is 1. The zero-order valence-electron chi connectivity index (χ0n) is 11.1. The summed E-state index contributed by atoms with van der Waals surface area (Å²) in [6, 6.07) is 6.03. The second kappa shape index (κ2) is 3.49. The molecule has 0 spiro atoms. The Morgan fingerprint density at radius 1 is 1.18 bits per heavy atom. The van der Waals surface area contributed by atoms with Crippen LogP contribution in [0.2, 0.25) is 0 Å². The lowest BCUT2D eigenvalue weighted by atomic mass is 9.84. The number of amides is 1. The largest absolute Gasteiger partial charge is 0.370 e. The minimum absolute atomic E-state index is 0.0102. The normalized spacial score (nSPS) is 18.1. The van der Waals surface area contributed by atoms with Gasteiger partial charge in [0.25, 0.3) is 0 Å². The molecular formula is C14H20N2O. The van der Waals surface area contributed by atoms with E-state index in [0.29, 0.717) is 0 Å². The average Bonchev–Trinajstić information content (AvgIpc) is 2.16. The molecule has 0 aliphatic carbocycles. The summed E-state index contributed by atoms with van der Waals surface area (Å²) in [7, 11) is 0. The molecule has 1 aliphatic heterocycles. The molecule has 3 nitrogen and oxygen atoms in total. The highest BCUT2D eigenvalue weighted by atomic mass is 16.2. The van der Waals surface area contributed by atoms with E-state index in [2.05, 4.69) is 37.5 Å². The third-order valence-corrected chi connectivity index (χ3v) is 3.13. The van der Waals surface area contributed by atoms with Crippen LogP contribution in [0.5, 0.6) is 0 Å². The monoisotopic (exact) mass is 232 g/mol. The van der Waals surface area contributed by atoms with Crippen molar-refractivity contribution in [1.82, 2.24) is 0 Å². The lowest BCUT2D eigenvalue weighted by molar-refractivity contribution is -0.119. The number of hydrogen-bond donors (Lipinski definition) is 2. The van der Waals surface area contributed by atoms with Crippen LogP contribution in [0.15, 0.2) is 18.2 Å². The molecule has 1 aromatic rings. The van der Waals surface area contributed by atoms with E-state index in [1.54, 1.807) is 0 Å². The van der Waals surface area contributed by atoms with Gasteiger partial charge >= 0.3 is 0 Å². The van der Waals surface area contributed by atoms with E-state index in [-0.39, 0.29) is 11.3 Å². The number of carbonyl (C=O) groups excluding carboxylic acids is 1. The summed E-state index contributed by atoms with van der Waals surface area (Å²) in [6.45, 7) is 10.3. The smallest absolute Gasteiger partial charge is 0.249 e. The molecule has 1 heterocycles. The van der Waals surface area contributed by atoms with E-state index in [4.69, 9.17) is 0 Å². The SMILES string of the molecule is CC1(C)Nc2c(cccc2C(C)(C)C)NC1=O. The molecule has 3 heteroatoms. The van der Waals surface area contributed by atoms with E-state index >= 15 is 0 Å². The topological polar surface area (TPSA) is 41.1 Å². The zero-order valence-corrected chi connectivity index (χ0v) is 11.1. The molecule has 0 unspecified atom stereocenters. The van der Waals surface area contributed by atoms with Gasteiger partial charge in [0.15, 0.2) is 0 Å². The maximum Gasteiger partial charge on any atom is 0.249 e. The number of anilines is 2. The van der Waals surface area contributed by atoms with Gasteiger partial charge in [-0.25, -0.2) is 0 Å². The Morgan fingerprint density at radius 3 is 2.41 bits per heavy atom. The van der Waals surface area contributed by atoms with E-state index in [1.807, 2.05) is 26.0 Å². The quantitative estimate of drug-likeness (QED) is 0.721. The summed E-state index contributed by atoms with van der Waals surface area (Å²) in [4.78, 5) is 11.9. The van der Waals surface area contributed by atoms with Gasteiger partial charge in [-0.2, -0.15) is 0 Å². The second-order valence-corrected chi connectivity index (χ2v) is 6.18. The fourth-order valence-corrected chi connectivity index (χ4v) is 2.06. The van der Waals surface area contributed by atoms with Crippen molar-refractivity contribution in [3.8, 4) is 0 Å². The Balaban J connectivity index is 2.57. The van der Waals surface area contributed by atoms with Crippen molar-refractivity contribution < 1.29 is 4.79 Å². The van der Waals surface area contributed by atoms with Crippen LogP contribution in [-0.2, 0) is 10.2 Å². The fourth-order valence-electron chi connectivity index (χ4n) is 2.06. The molecule has 0 saturated carbocycles. The summed E-state index contributed by atoms with van der Waals surface area (Å²) >= 11 is 0. The Kier molecular flexibility index (Phi) is 2.45. The Hall–Kier alpha value is -1.51. The molecule has 0 atom stereocenters. The maximum absolute atomic E-state index is 11.9. The molecule has 1 aromatic carbocycles. The molecule has 0 fully saturated rings. The van der Waals surface area contributed by atoms with Gasteiger partial charge in [-0.3, -0.25) is 4.79 Å². The highest BCUT2D eigenvalue weighted by molar-refractivity contribution is 6.06. The highest BCUT2D eigenvalue weighted by Crippen LogP contribution is 2.39. The summed E-state index contributed by atoms with van der Waals surface area (Å²) < 4.78 is 0. The lowest BCUT2D eigenvalue weighted by Gasteiger charge is -2.36. The van der Waals surface area contributed by atoms with Crippen LogP contribution in [0.3, 0.4) is 0 Å². The van der Waals surface area contributed by atoms with E-state index < -0.39 is 5.54 Å². The number of benzene rings is 1. The number of rotatable bonds is 0. The van der Waals surface area contributed by atoms with Crippen molar-refractivity contribution >= 4 is 17.3 Å². The van der Waals surface area contributed by atoms with Gasteiger partial charge in [-0.1, -0.05) is 32.9 Å². The predicted octanol–water partition coefficient (Wildman–Crippen LogP) is 3.13. The highest BCUT2D eigenvalue weighted by Gasteiger charge is 2.35. The Labute approximate surface area is 103 Å². The molecule has 0 radical (unpaired) electrons. The van der Waals surface area contributed by atoms with Crippen LogP contribution >= 0.6 is 0 Å². The first-order valence-electron chi connectivity index (χ1n) is 5.95. The van der Waals surface area contributed by atoms with Gasteiger partial charge < -0.3 is 10.6 Å². The molecule has 1 amide bonds. The summed E-state index contributed by atoms with van der Waals surface area (Å²) in [5.41, 5.74) is 2.64. The fraction of sp³-hybridized carbons (Fsp3) is 0.500. The van der Waals surface area contributed by atoms with Gasteiger partial charge in [0, 0.05) is 0 Å². The number of fused-ring (bicyclic) bond motifs is 1. The predicted molar refractivity (Wildman–Crippen MR) is 71.5 cm³/mol. The van der Waals surface area contributed by atoms with Gasteiger partial charge in [0.1, 0.15) is 5.54 Å². The summed E-state index contributed by atoms with van der Waals surface area (Å²) in [5.74, 6) is 0.0102. The molecule has 17 heavy (non-hydrogen) atoms. The van der Waals surface area contributed by atoms with Gasteiger partial charge in [0.05, 0.1) is 11.4 Å². The first kappa shape index (κ1) is 12.0. The third kappa shape index (κ3) is 2.02. The molecule has 2 rings (SSSR count). The number of carbonyl (C=O) groups is 1. The van der Waals surface area contributed by atoms with Gasteiger partial charge in [-0.15, -0.1) is 0 Å².